The lowest BCUT2D eigenvalue weighted by atomic mass is 9.91. The standard InChI is InChI=1S/C10H13BFN/c1-6(2)7(3)10-9(12)4-8(11)5-13-10/h4-7H,1-3H3. The number of halogens is 1. The fraction of sp³-hybridized carbons (Fsp3) is 0.500. The summed E-state index contributed by atoms with van der Waals surface area (Å²) in [5, 5.41) is 0. The van der Waals surface area contributed by atoms with Gasteiger partial charge in [-0.05, 0) is 12.0 Å². The van der Waals surface area contributed by atoms with Crippen LogP contribution in [-0.4, -0.2) is 12.8 Å². The fourth-order valence-electron chi connectivity index (χ4n) is 1.11. The summed E-state index contributed by atoms with van der Waals surface area (Å²) in [6.07, 6.45) is 1.50. The zero-order valence-corrected chi connectivity index (χ0v) is 8.21. The normalized spacial score (nSPS) is 13.3. The Bertz CT molecular complexity index is 299. The second-order valence-electron chi connectivity index (χ2n) is 3.67. The number of hydrogen-bond acceptors (Lipinski definition) is 1. The maximum absolute atomic E-state index is 13.3. The van der Waals surface area contributed by atoms with E-state index in [0.717, 1.165) is 0 Å². The lowest BCUT2D eigenvalue weighted by Gasteiger charge is -2.15. The Labute approximate surface area is 79.8 Å². The summed E-state index contributed by atoms with van der Waals surface area (Å²) >= 11 is 0. The molecular formula is C10H13BFN. The van der Waals surface area contributed by atoms with E-state index in [9.17, 15) is 4.39 Å². The average molecular weight is 177 g/mol. The minimum absolute atomic E-state index is 0.126. The predicted molar refractivity (Wildman–Crippen MR) is 52.8 cm³/mol. The number of aromatic nitrogens is 1. The SMILES string of the molecule is [B]c1cnc(C(C)C(C)C)c(F)c1. The van der Waals surface area contributed by atoms with Gasteiger partial charge in [0.1, 0.15) is 13.7 Å². The molecule has 0 aliphatic heterocycles. The summed E-state index contributed by atoms with van der Waals surface area (Å²) in [4.78, 5) is 4.00. The van der Waals surface area contributed by atoms with Crippen molar-refractivity contribution in [2.45, 2.75) is 26.7 Å². The molecule has 3 heteroatoms. The van der Waals surface area contributed by atoms with Crippen LogP contribution < -0.4 is 5.46 Å². The van der Waals surface area contributed by atoms with E-state index >= 15 is 0 Å². The Morgan fingerprint density at radius 1 is 1.38 bits per heavy atom. The van der Waals surface area contributed by atoms with Gasteiger partial charge in [0.2, 0.25) is 0 Å². The Balaban J connectivity index is 3.01. The molecule has 0 aliphatic rings. The molecule has 0 saturated heterocycles. The molecule has 0 saturated carbocycles. The highest BCUT2D eigenvalue weighted by Gasteiger charge is 2.15. The summed E-state index contributed by atoms with van der Waals surface area (Å²) in [7, 11) is 5.40. The highest BCUT2D eigenvalue weighted by atomic mass is 19.1. The van der Waals surface area contributed by atoms with Crippen molar-refractivity contribution in [3.05, 3.63) is 23.8 Å². The van der Waals surface area contributed by atoms with Gasteiger partial charge in [-0.2, -0.15) is 0 Å². The molecule has 13 heavy (non-hydrogen) atoms. The maximum atomic E-state index is 13.3. The maximum Gasteiger partial charge on any atom is 0.144 e. The Morgan fingerprint density at radius 2 is 2.00 bits per heavy atom. The molecule has 2 radical (unpaired) electrons. The van der Waals surface area contributed by atoms with Crippen LogP contribution in [-0.2, 0) is 0 Å². The zero-order valence-electron chi connectivity index (χ0n) is 8.21. The molecule has 0 amide bonds. The number of rotatable bonds is 2. The fourth-order valence-corrected chi connectivity index (χ4v) is 1.11. The van der Waals surface area contributed by atoms with Crippen LogP contribution in [0.3, 0.4) is 0 Å². The summed E-state index contributed by atoms with van der Waals surface area (Å²) in [6.45, 7) is 6.05. The van der Waals surface area contributed by atoms with Crippen molar-refractivity contribution in [2.24, 2.45) is 5.92 Å². The Hall–Kier alpha value is -0.855. The van der Waals surface area contributed by atoms with Gasteiger partial charge < -0.3 is 0 Å². The van der Waals surface area contributed by atoms with Crippen molar-refractivity contribution in [1.82, 2.24) is 4.98 Å². The molecule has 0 aliphatic carbocycles. The Morgan fingerprint density at radius 3 is 2.46 bits per heavy atom. The van der Waals surface area contributed by atoms with E-state index < -0.39 is 0 Å². The minimum atomic E-state index is -0.304. The van der Waals surface area contributed by atoms with Crippen LogP contribution in [0.5, 0.6) is 0 Å². The van der Waals surface area contributed by atoms with Crippen LogP contribution >= 0.6 is 0 Å². The Kier molecular flexibility index (Phi) is 3.07. The van der Waals surface area contributed by atoms with Crippen LogP contribution in [0, 0.1) is 11.7 Å². The third-order valence-electron chi connectivity index (χ3n) is 2.32. The molecule has 0 spiro atoms. The van der Waals surface area contributed by atoms with E-state index in [1.54, 1.807) is 0 Å². The summed E-state index contributed by atoms with van der Waals surface area (Å²) < 4.78 is 13.3. The second kappa shape index (κ2) is 3.90. The lowest BCUT2D eigenvalue weighted by molar-refractivity contribution is 0.488. The quantitative estimate of drug-likeness (QED) is 0.627. The van der Waals surface area contributed by atoms with Gasteiger partial charge in [-0.15, -0.1) is 0 Å². The van der Waals surface area contributed by atoms with Gasteiger partial charge in [-0.3, -0.25) is 4.98 Å². The van der Waals surface area contributed by atoms with Crippen LogP contribution in [0.25, 0.3) is 0 Å². The van der Waals surface area contributed by atoms with Crippen LogP contribution in [0.15, 0.2) is 12.3 Å². The van der Waals surface area contributed by atoms with Gasteiger partial charge in [0, 0.05) is 12.1 Å². The lowest BCUT2D eigenvalue weighted by Crippen LogP contribution is -2.12. The first kappa shape index (κ1) is 10.2. The van der Waals surface area contributed by atoms with E-state index in [1.165, 1.54) is 12.3 Å². The third kappa shape index (κ3) is 2.30. The molecule has 1 aromatic rings. The van der Waals surface area contributed by atoms with E-state index in [2.05, 4.69) is 4.98 Å². The zero-order chi connectivity index (χ0) is 10.0. The van der Waals surface area contributed by atoms with Gasteiger partial charge in [0.15, 0.2) is 0 Å². The molecule has 1 atom stereocenters. The largest absolute Gasteiger partial charge is 0.259 e. The van der Waals surface area contributed by atoms with Gasteiger partial charge in [0.25, 0.3) is 0 Å². The van der Waals surface area contributed by atoms with Crippen LogP contribution in [0.4, 0.5) is 4.39 Å². The first-order valence-corrected chi connectivity index (χ1v) is 4.43. The smallest absolute Gasteiger partial charge is 0.144 e. The molecule has 0 bridgehead atoms. The molecule has 0 fully saturated rings. The summed E-state index contributed by atoms with van der Waals surface area (Å²) in [6, 6.07) is 1.32. The average Bonchev–Trinajstić information content (AvgIpc) is 2.03. The van der Waals surface area contributed by atoms with E-state index in [4.69, 9.17) is 7.85 Å². The monoisotopic (exact) mass is 177 g/mol. The van der Waals surface area contributed by atoms with E-state index in [0.29, 0.717) is 17.1 Å². The van der Waals surface area contributed by atoms with Crippen molar-refractivity contribution in [2.75, 3.05) is 0 Å². The first-order chi connectivity index (χ1) is 6.02. The predicted octanol–water partition coefficient (Wildman–Crippen LogP) is 1.77. The van der Waals surface area contributed by atoms with E-state index in [-0.39, 0.29) is 11.7 Å². The first-order valence-electron chi connectivity index (χ1n) is 4.43. The van der Waals surface area contributed by atoms with Crippen molar-refractivity contribution < 1.29 is 4.39 Å². The number of pyridine rings is 1. The van der Waals surface area contributed by atoms with Crippen molar-refractivity contribution in [1.29, 1.82) is 0 Å². The van der Waals surface area contributed by atoms with Gasteiger partial charge in [-0.25, -0.2) is 4.39 Å². The topological polar surface area (TPSA) is 12.9 Å². The number of nitrogens with zero attached hydrogens (tertiary/aromatic N) is 1. The molecule has 1 nitrogen and oxygen atoms in total. The highest BCUT2D eigenvalue weighted by Crippen LogP contribution is 2.22. The van der Waals surface area contributed by atoms with Gasteiger partial charge in [-0.1, -0.05) is 26.2 Å². The summed E-state index contributed by atoms with van der Waals surface area (Å²) in [5.74, 6) is 0.201. The van der Waals surface area contributed by atoms with Gasteiger partial charge >= 0.3 is 0 Å². The molecule has 1 unspecified atom stereocenters. The third-order valence-corrected chi connectivity index (χ3v) is 2.32. The molecular weight excluding hydrogens is 164 g/mol. The molecule has 1 rings (SSSR count). The van der Waals surface area contributed by atoms with Gasteiger partial charge in [0.05, 0.1) is 5.69 Å². The molecule has 1 heterocycles. The van der Waals surface area contributed by atoms with E-state index in [1.807, 2.05) is 20.8 Å². The minimum Gasteiger partial charge on any atom is -0.259 e. The van der Waals surface area contributed by atoms with Crippen molar-refractivity contribution >= 4 is 13.3 Å². The summed E-state index contributed by atoms with van der Waals surface area (Å²) in [5.41, 5.74) is 0.876. The molecule has 0 aromatic carbocycles. The molecule has 0 N–H and O–H groups in total. The van der Waals surface area contributed by atoms with Crippen LogP contribution in [0.2, 0.25) is 0 Å². The molecule has 68 valence electrons. The highest BCUT2D eigenvalue weighted by molar-refractivity contribution is 6.32. The van der Waals surface area contributed by atoms with Crippen molar-refractivity contribution in [3.63, 3.8) is 0 Å². The van der Waals surface area contributed by atoms with Crippen molar-refractivity contribution in [3.8, 4) is 0 Å². The number of hydrogen-bond donors (Lipinski definition) is 0. The van der Waals surface area contributed by atoms with Crippen LogP contribution in [0.1, 0.15) is 32.4 Å². The molecule has 1 aromatic heterocycles. The second-order valence-corrected chi connectivity index (χ2v) is 3.67.